The van der Waals surface area contributed by atoms with Crippen molar-refractivity contribution >= 4 is 0 Å². The fourth-order valence-electron chi connectivity index (χ4n) is 1.99. The summed E-state index contributed by atoms with van der Waals surface area (Å²) in [4.78, 5) is 1.91. The molecule has 0 aromatic carbocycles. The van der Waals surface area contributed by atoms with Crippen molar-refractivity contribution in [3.05, 3.63) is 0 Å². The molecule has 0 atom stereocenters. The van der Waals surface area contributed by atoms with Gasteiger partial charge in [0.2, 0.25) is 0 Å². The molecule has 0 bridgehead atoms. The van der Waals surface area contributed by atoms with Crippen molar-refractivity contribution in [2.24, 2.45) is 5.92 Å². The molecule has 1 fully saturated rings. The van der Waals surface area contributed by atoms with Gasteiger partial charge in [0.1, 0.15) is 0 Å². The third-order valence-corrected chi connectivity index (χ3v) is 3.26. The normalized spacial score (nSPS) is 21.4. The van der Waals surface area contributed by atoms with E-state index in [2.05, 4.69) is 6.92 Å². The lowest BCUT2D eigenvalue weighted by atomic mass is 9.94. The molecule has 84 valence electrons. The van der Waals surface area contributed by atoms with E-state index in [0.717, 1.165) is 31.8 Å². The molecule has 0 unspecified atom stereocenters. The van der Waals surface area contributed by atoms with Crippen LogP contribution in [0.2, 0.25) is 0 Å². The summed E-state index contributed by atoms with van der Waals surface area (Å²) in [5.74, 6) is -1.72. The highest BCUT2D eigenvalue weighted by atomic mass is 19.3. The summed E-state index contributed by atoms with van der Waals surface area (Å²) in [6, 6.07) is 0. The largest absolute Gasteiger partial charge is 0.297 e. The maximum absolute atomic E-state index is 13.1. The van der Waals surface area contributed by atoms with E-state index in [1.165, 1.54) is 6.42 Å². The van der Waals surface area contributed by atoms with Crippen LogP contribution in [0.1, 0.15) is 39.5 Å². The van der Waals surface area contributed by atoms with Crippen molar-refractivity contribution in [3.8, 4) is 0 Å². The smallest absolute Gasteiger partial charge is 0.260 e. The number of alkyl halides is 2. The van der Waals surface area contributed by atoms with E-state index in [4.69, 9.17) is 0 Å². The first-order chi connectivity index (χ1) is 6.57. The van der Waals surface area contributed by atoms with Gasteiger partial charge in [-0.15, -0.1) is 0 Å². The SMILES string of the molecule is CCC1CCN(CC(F)(F)CC)CC1. The minimum atomic E-state index is -2.49. The maximum Gasteiger partial charge on any atom is 0.260 e. The third-order valence-electron chi connectivity index (χ3n) is 3.26. The minimum absolute atomic E-state index is 0.0410. The maximum atomic E-state index is 13.1. The second-order valence-electron chi connectivity index (χ2n) is 4.34. The van der Waals surface area contributed by atoms with E-state index in [1.54, 1.807) is 6.92 Å². The van der Waals surface area contributed by atoms with Crippen molar-refractivity contribution in [2.45, 2.75) is 45.5 Å². The molecule has 0 aromatic rings. The molecule has 1 aliphatic heterocycles. The van der Waals surface area contributed by atoms with E-state index in [9.17, 15) is 8.78 Å². The Morgan fingerprint density at radius 2 is 1.79 bits per heavy atom. The first-order valence-electron chi connectivity index (χ1n) is 5.67. The molecule has 0 N–H and O–H groups in total. The van der Waals surface area contributed by atoms with Crippen molar-refractivity contribution in [2.75, 3.05) is 19.6 Å². The quantitative estimate of drug-likeness (QED) is 0.681. The van der Waals surface area contributed by atoms with Gasteiger partial charge in [-0.25, -0.2) is 8.78 Å². The van der Waals surface area contributed by atoms with Crippen LogP contribution in [0, 0.1) is 5.92 Å². The van der Waals surface area contributed by atoms with Gasteiger partial charge in [-0.3, -0.25) is 4.90 Å². The molecule has 0 aliphatic carbocycles. The molecule has 0 spiro atoms. The van der Waals surface area contributed by atoms with Crippen LogP contribution in [0.5, 0.6) is 0 Å². The van der Waals surface area contributed by atoms with Gasteiger partial charge < -0.3 is 0 Å². The number of piperidine rings is 1. The first kappa shape index (κ1) is 11.9. The summed E-state index contributed by atoms with van der Waals surface area (Å²) >= 11 is 0. The summed E-state index contributed by atoms with van der Waals surface area (Å²) in [5.41, 5.74) is 0. The summed E-state index contributed by atoms with van der Waals surface area (Å²) in [6.45, 7) is 5.40. The minimum Gasteiger partial charge on any atom is -0.297 e. The molecule has 1 aliphatic rings. The number of rotatable bonds is 4. The van der Waals surface area contributed by atoms with Gasteiger partial charge in [0, 0.05) is 6.42 Å². The molecule has 14 heavy (non-hydrogen) atoms. The fraction of sp³-hybridized carbons (Fsp3) is 1.00. The van der Waals surface area contributed by atoms with Crippen LogP contribution in [0.15, 0.2) is 0 Å². The number of halogens is 2. The van der Waals surface area contributed by atoms with Crippen molar-refractivity contribution in [1.29, 1.82) is 0 Å². The molecular weight excluding hydrogens is 184 g/mol. The van der Waals surface area contributed by atoms with Gasteiger partial charge in [-0.2, -0.15) is 0 Å². The lowest BCUT2D eigenvalue weighted by Crippen LogP contribution is -2.41. The highest BCUT2D eigenvalue weighted by Crippen LogP contribution is 2.24. The predicted molar refractivity (Wildman–Crippen MR) is 54.7 cm³/mol. The Bertz CT molecular complexity index is 163. The van der Waals surface area contributed by atoms with Crippen molar-refractivity contribution in [1.82, 2.24) is 4.90 Å². The number of likely N-dealkylation sites (tertiary alicyclic amines) is 1. The second-order valence-corrected chi connectivity index (χ2v) is 4.34. The van der Waals surface area contributed by atoms with E-state index in [0.29, 0.717) is 0 Å². The second kappa shape index (κ2) is 5.06. The molecule has 1 heterocycles. The average Bonchev–Trinajstić information content (AvgIpc) is 2.19. The van der Waals surface area contributed by atoms with E-state index in [-0.39, 0.29) is 13.0 Å². The molecule has 1 nitrogen and oxygen atoms in total. The lowest BCUT2D eigenvalue weighted by molar-refractivity contribution is -0.0417. The van der Waals surface area contributed by atoms with Crippen LogP contribution < -0.4 is 0 Å². The average molecular weight is 205 g/mol. The fourth-order valence-corrected chi connectivity index (χ4v) is 1.99. The molecule has 0 radical (unpaired) electrons. The summed E-state index contributed by atoms with van der Waals surface area (Å²) in [6.07, 6.45) is 3.34. The van der Waals surface area contributed by atoms with Gasteiger partial charge in [-0.1, -0.05) is 20.3 Å². The Morgan fingerprint density at radius 1 is 1.21 bits per heavy atom. The van der Waals surface area contributed by atoms with Crippen LogP contribution >= 0.6 is 0 Å². The number of hydrogen-bond acceptors (Lipinski definition) is 1. The Hall–Kier alpha value is -0.180. The number of nitrogens with zero attached hydrogens (tertiary/aromatic N) is 1. The molecule has 1 saturated heterocycles. The van der Waals surface area contributed by atoms with Crippen LogP contribution in [-0.2, 0) is 0 Å². The molecule has 1 rings (SSSR count). The van der Waals surface area contributed by atoms with Crippen LogP contribution in [0.25, 0.3) is 0 Å². The van der Waals surface area contributed by atoms with Crippen LogP contribution in [0.4, 0.5) is 8.78 Å². The standard InChI is InChI=1S/C11H21F2N/c1-3-10-5-7-14(8-6-10)9-11(12,13)4-2/h10H,3-9H2,1-2H3. The van der Waals surface area contributed by atoms with Crippen LogP contribution in [-0.4, -0.2) is 30.5 Å². The highest BCUT2D eigenvalue weighted by Gasteiger charge is 2.30. The monoisotopic (exact) mass is 205 g/mol. The molecule has 0 saturated carbocycles. The first-order valence-corrected chi connectivity index (χ1v) is 5.67. The van der Waals surface area contributed by atoms with Gasteiger partial charge >= 0.3 is 0 Å². The van der Waals surface area contributed by atoms with Gasteiger partial charge in [-0.05, 0) is 31.8 Å². The van der Waals surface area contributed by atoms with Gasteiger partial charge in [0.15, 0.2) is 0 Å². The molecule has 3 heteroatoms. The predicted octanol–water partition coefficient (Wildman–Crippen LogP) is 3.15. The number of hydrogen-bond donors (Lipinski definition) is 0. The van der Waals surface area contributed by atoms with E-state index < -0.39 is 5.92 Å². The van der Waals surface area contributed by atoms with Crippen molar-refractivity contribution in [3.63, 3.8) is 0 Å². The van der Waals surface area contributed by atoms with E-state index in [1.807, 2.05) is 4.90 Å². The Morgan fingerprint density at radius 3 is 2.21 bits per heavy atom. The van der Waals surface area contributed by atoms with Gasteiger partial charge in [0.05, 0.1) is 6.54 Å². The summed E-state index contributed by atoms with van der Waals surface area (Å²) in [5, 5.41) is 0. The molecule has 0 aromatic heterocycles. The summed E-state index contributed by atoms with van der Waals surface area (Å²) < 4.78 is 26.1. The van der Waals surface area contributed by atoms with Crippen molar-refractivity contribution < 1.29 is 8.78 Å². The molecular formula is C11H21F2N. The third kappa shape index (κ3) is 3.52. The topological polar surface area (TPSA) is 3.24 Å². The lowest BCUT2D eigenvalue weighted by Gasteiger charge is -2.33. The molecule has 0 amide bonds. The van der Waals surface area contributed by atoms with Crippen LogP contribution in [0.3, 0.4) is 0 Å². The Kier molecular flexibility index (Phi) is 4.30. The highest BCUT2D eigenvalue weighted by molar-refractivity contribution is 4.76. The van der Waals surface area contributed by atoms with Gasteiger partial charge in [0.25, 0.3) is 5.92 Å². The zero-order valence-electron chi connectivity index (χ0n) is 9.23. The zero-order chi connectivity index (χ0) is 10.6. The summed E-state index contributed by atoms with van der Waals surface area (Å²) in [7, 11) is 0. The Balaban J connectivity index is 2.28. The Labute approximate surface area is 85.5 Å². The van der Waals surface area contributed by atoms with E-state index >= 15 is 0 Å². The zero-order valence-corrected chi connectivity index (χ0v) is 9.23.